The van der Waals surface area contributed by atoms with Crippen molar-refractivity contribution in [3.05, 3.63) is 0 Å². The summed E-state index contributed by atoms with van der Waals surface area (Å²) in [5.41, 5.74) is 0.153. The molecule has 0 spiro atoms. The van der Waals surface area contributed by atoms with Gasteiger partial charge in [-0.2, -0.15) is 0 Å². The lowest BCUT2D eigenvalue weighted by Crippen LogP contribution is -2.54. The molecule has 0 aromatic rings. The first-order valence-corrected chi connectivity index (χ1v) is 7.03. The Bertz CT molecular complexity index is 315. The second kappa shape index (κ2) is 6.89. The van der Waals surface area contributed by atoms with E-state index in [-0.39, 0.29) is 30.3 Å². The van der Waals surface area contributed by atoms with Crippen LogP contribution in [-0.2, 0) is 14.3 Å². The summed E-state index contributed by atoms with van der Waals surface area (Å²) in [7, 11) is 0. The number of rotatable bonds is 4. The van der Waals surface area contributed by atoms with Crippen LogP contribution in [0.15, 0.2) is 0 Å². The van der Waals surface area contributed by atoms with Crippen molar-refractivity contribution in [3.8, 4) is 0 Å². The van der Waals surface area contributed by atoms with Gasteiger partial charge in [-0.3, -0.25) is 14.5 Å². The lowest BCUT2D eigenvalue weighted by Gasteiger charge is -2.42. The molecular weight excluding hydrogens is 244 g/mol. The van der Waals surface area contributed by atoms with Crippen LogP contribution < -0.4 is 0 Å². The van der Waals surface area contributed by atoms with Crippen LogP contribution in [-0.4, -0.2) is 60.0 Å². The summed E-state index contributed by atoms with van der Waals surface area (Å²) in [5, 5.41) is 0. The third kappa shape index (κ3) is 5.19. The average Bonchev–Trinajstić information content (AvgIpc) is 2.35. The van der Waals surface area contributed by atoms with Gasteiger partial charge in [0.2, 0.25) is 5.91 Å². The van der Waals surface area contributed by atoms with Crippen LogP contribution in [0.25, 0.3) is 0 Å². The van der Waals surface area contributed by atoms with Crippen molar-refractivity contribution < 1.29 is 14.3 Å². The number of hydrogen-bond donors (Lipinski definition) is 0. The van der Waals surface area contributed by atoms with E-state index in [1.165, 1.54) is 0 Å². The van der Waals surface area contributed by atoms with Crippen molar-refractivity contribution >= 4 is 11.9 Å². The maximum atomic E-state index is 12.0. The van der Waals surface area contributed by atoms with Crippen LogP contribution >= 0.6 is 0 Å². The number of nitrogens with zero attached hydrogens (tertiary/aromatic N) is 2. The normalized spacial score (nSPS) is 17.4. The van der Waals surface area contributed by atoms with Crippen molar-refractivity contribution in [1.29, 1.82) is 0 Å². The van der Waals surface area contributed by atoms with Crippen molar-refractivity contribution in [1.82, 2.24) is 9.80 Å². The minimum atomic E-state index is -0.288. The summed E-state index contributed by atoms with van der Waals surface area (Å²) < 4.78 is 4.82. The van der Waals surface area contributed by atoms with Crippen molar-refractivity contribution in [2.75, 3.05) is 32.8 Å². The summed E-state index contributed by atoms with van der Waals surface area (Å²) in [5.74, 6) is -0.231. The Kier molecular flexibility index (Phi) is 5.79. The van der Waals surface area contributed by atoms with Gasteiger partial charge in [0, 0.05) is 38.1 Å². The van der Waals surface area contributed by atoms with Gasteiger partial charge in [-0.1, -0.05) is 0 Å². The van der Waals surface area contributed by atoms with Crippen LogP contribution in [0.5, 0.6) is 0 Å². The van der Waals surface area contributed by atoms with E-state index >= 15 is 0 Å². The van der Waals surface area contributed by atoms with Crippen molar-refractivity contribution in [2.24, 2.45) is 0 Å². The summed E-state index contributed by atoms with van der Waals surface area (Å²) in [6.45, 7) is 12.0. The molecule has 0 unspecified atom stereocenters. The van der Waals surface area contributed by atoms with E-state index in [0.717, 1.165) is 26.2 Å². The van der Waals surface area contributed by atoms with Gasteiger partial charge in [-0.25, -0.2) is 0 Å². The highest BCUT2D eigenvalue weighted by molar-refractivity contribution is 5.81. The molecule has 0 aliphatic carbocycles. The van der Waals surface area contributed by atoms with E-state index in [9.17, 15) is 9.59 Å². The van der Waals surface area contributed by atoms with Crippen LogP contribution in [0.1, 0.15) is 40.5 Å². The van der Waals surface area contributed by atoms with Gasteiger partial charge < -0.3 is 9.64 Å². The molecule has 1 fully saturated rings. The lowest BCUT2D eigenvalue weighted by atomic mass is 10.0. The Morgan fingerprint density at radius 3 is 2.11 bits per heavy atom. The molecule has 5 nitrogen and oxygen atoms in total. The number of carbonyl (C=O) groups excluding carboxylic acids is 2. The largest absolute Gasteiger partial charge is 0.466 e. The number of piperazine rings is 1. The summed E-state index contributed by atoms with van der Waals surface area (Å²) in [6, 6.07) is 0. The highest BCUT2D eigenvalue weighted by atomic mass is 16.5. The molecule has 110 valence electrons. The van der Waals surface area contributed by atoms with Crippen LogP contribution in [0.4, 0.5) is 0 Å². The Hall–Kier alpha value is -1.10. The highest BCUT2D eigenvalue weighted by Gasteiger charge is 2.27. The fourth-order valence-corrected chi connectivity index (χ4v) is 2.23. The molecule has 0 saturated carbocycles. The molecule has 0 N–H and O–H groups in total. The molecule has 0 aromatic heterocycles. The second-order valence-electron chi connectivity index (χ2n) is 5.84. The monoisotopic (exact) mass is 270 g/mol. The third-order valence-electron chi connectivity index (χ3n) is 3.43. The number of hydrogen-bond acceptors (Lipinski definition) is 4. The van der Waals surface area contributed by atoms with Gasteiger partial charge in [-0.05, 0) is 27.7 Å². The Labute approximate surface area is 115 Å². The molecule has 1 amide bonds. The van der Waals surface area contributed by atoms with E-state index < -0.39 is 0 Å². The third-order valence-corrected chi connectivity index (χ3v) is 3.43. The second-order valence-corrected chi connectivity index (χ2v) is 5.84. The molecule has 1 aliphatic heterocycles. The molecule has 1 aliphatic rings. The van der Waals surface area contributed by atoms with Gasteiger partial charge in [0.15, 0.2) is 0 Å². The van der Waals surface area contributed by atoms with Gasteiger partial charge >= 0.3 is 5.97 Å². The maximum absolute atomic E-state index is 12.0. The highest BCUT2D eigenvalue weighted by Crippen LogP contribution is 2.16. The summed E-state index contributed by atoms with van der Waals surface area (Å²) >= 11 is 0. The molecule has 0 aromatic carbocycles. The zero-order valence-electron chi connectivity index (χ0n) is 12.6. The molecule has 19 heavy (non-hydrogen) atoms. The van der Waals surface area contributed by atoms with Crippen LogP contribution in [0, 0.1) is 0 Å². The zero-order valence-corrected chi connectivity index (χ0v) is 12.6. The lowest BCUT2D eigenvalue weighted by molar-refractivity contribution is -0.146. The van der Waals surface area contributed by atoms with E-state index in [1.807, 2.05) is 4.90 Å². The zero-order chi connectivity index (χ0) is 14.5. The molecule has 0 atom stereocenters. The number of esters is 1. The minimum absolute atomic E-state index is 0.0570. The summed E-state index contributed by atoms with van der Waals surface area (Å²) in [4.78, 5) is 27.4. The maximum Gasteiger partial charge on any atom is 0.306 e. The van der Waals surface area contributed by atoms with Crippen molar-refractivity contribution in [3.63, 3.8) is 0 Å². The van der Waals surface area contributed by atoms with Gasteiger partial charge in [0.25, 0.3) is 0 Å². The Morgan fingerprint density at radius 1 is 1.05 bits per heavy atom. The Morgan fingerprint density at radius 2 is 1.63 bits per heavy atom. The SMILES string of the molecule is CCOC(=O)CCC(=O)N1CCN(C(C)(C)C)CC1. The first kappa shape index (κ1) is 16.0. The van der Waals surface area contributed by atoms with E-state index in [0.29, 0.717) is 6.61 Å². The smallest absolute Gasteiger partial charge is 0.306 e. The molecule has 0 bridgehead atoms. The Balaban J connectivity index is 2.31. The first-order chi connectivity index (χ1) is 8.84. The van der Waals surface area contributed by atoms with Crippen LogP contribution in [0.3, 0.4) is 0 Å². The molecule has 5 heteroatoms. The predicted molar refractivity (Wildman–Crippen MR) is 73.8 cm³/mol. The van der Waals surface area contributed by atoms with E-state index in [2.05, 4.69) is 25.7 Å². The number of carbonyl (C=O) groups is 2. The standard InChI is InChI=1S/C14H26N2O3/c1-5-19-13(18)7-6-12(17)15-8-10-16(11-9-15)14(2,3)4/h5-11H2,1-4H3. The molecule has 1 saturated heterocycles. The molecule has 1 rings (SSSR count). The topological polar surface area (TPSA) is 49.9 Å². The fourth-order valence-electron chi connectivity index (χ4n) is 2.23. The van der Waals surface area contributed by atoms with Crippen molar-refractivity contribution in [2.45, 2.75) is 46.1 Å². The van der Waals surface area contributed by atoms with Gasteiger partial charge in [0.05, 0.1) is 13.0 Å². The molecular formula is C14H26N2O3. The molecule has 1 heterocycles. The molecule has 0 radical (unpaired) electrons. The minimum Gasteiger partial charge on any atom is -0.466 e. The summed E-state index contributed by atoms with van der Waals surface area (Å²) in [6.07, 6.45) is 0.445. The number of ether oxygens (including phenoxy) is 1. The fraction of sp³-hybridized carbons (Fsp3) is 0.857. The number of amides is 1. The van der Waals surface area contributed by atoms with Gasteiger partial charge in [-0.15, -0.1) is 0 Å². The van der Waals surface area contributed by atoms with Crippen LogP contribution in [0.2, 0.25) is 0 Å². The van der Waals surface area contributed by atoms with Gasteiger partial charge in [0.1, 0.15) is 0 Å². The van der Waals surface area contributed by atoms with E-state index in [1.54, 1.807) is 6.92 Å². The van der Waals surface area contributed by atoms with E-state index in [4.69, 9.17) is 4.74 Å². The average molecular weight is 270 g/mol. The predicted octanol–water partition coefficient (Wildman–Crippen LogP) is 1.27. The quantitative estimate of drug-likeness (QED) is 0.722. The first-order valence-electron chi connectivity index (χ1n) is 7.03.